The van der Waals surface area contributed by atoms with E-state index < -0.39 is 0 Å². The molecule has 0 aliphatic carbocycles. The van der Waals surface area contributed by atoms with E-state index in [4.69, 9.17) is 5.73 Å². The molecule has 1 amide bonds. The van der Waals surface area contributed by atoms with Crippen LogP contribution in [0.3, 0.4) is 0 Å². The van der Waals surface area contributed by atoms with E-state index in [9.17, 15) is 4.79 Å². The summed E-state index contributed by atoms with van der Waals surface area (Å²) in [5.74, 6) is 0.716. The molecule has 2 rings (SSSR count). The second kappa shape index (κ2) is 8.91. The van der Waals surface area contributed by atoms with Crippen LogP contribution in [0.1, 0.15) is 50.5 Å². The minimum Gasteiger partial charge on any atom is -0.330 e. The second-order valence-electron chi connectivity index (χ2n) is 6.18. The Bertz CT molecular complexity index is 467. The van der Waals surface area contributed by atoms with Crippen LogP contribution in [0.15, 0.2) is 24.3 Å². The van der Waals surface area contributed by atoms with Crippen LogP contribution < -0.4 is 11.1 Å². The Balaban J connectivity index is 1.89. The van der Waals surface area contributed by atoms with E-state index in [0.29, 0.717) is 12.3 Å². The molecule has 0 spiro atoms. The first-order valence-corrected chi connectivity index (χ1v) is 8.55. The van der Waals surface area contributed by atoms with Crippen LogP contribution >= 0.6 is 0 Å². The molecule has 0 saturated carbocycles. The maximum atomic E-state index is 11.7. The van der Waals surface area contributed by atoms with Crippen molar-refractivity contribution in [1.29, 1.82) is 0 Å². The average molecular weight is 303 g/mol. The Morgan fingerprint density at radius 2 is 2.14 bits per heavy atom. The lowest BCUT2D eigenvalue weighted by atomic mass is 9.89. The fourth-order valence-electron chi connectivity index (χ4n) is 3.13. The van der Waals surface area contributed by atoms with E-state index in [1.807, 2.05) is 13.0 Å². The van der Waals surface area contributed by atoms with Gasteiger partial charge in [-0.1, -0.05) is 19.1 Å². The largest absolute Gasteiger partial charge is 0.330 e. The van der Waals surface area contributed by atoms with E-state index in [1.54, 1.807) is 0 Å². The summed E-state index contributed by atoms with van der Waals surface area (Å²) < 4.78 is 0. The minimum atomic E-state index is 0.108. The molecule has 1 aromatic carbocycles. The smallest absolute Gasteiger partial charge is 0.224 e. The number of rotatable bonds is 7. The number of carbonyl (C=O) groups excluding carboxylic acids is 1. The molecule has 4 nitrogen and oxygen atoms in total. The van der Waals surface area contributed by atoms with Gasteiger partial charge in [-0.05, 0) is 75.5 Å². The number of anilines is 1. The van der Waals surface area contributed by atoms with Gasteiger partial charge in [0.1, 0.15) is 0 Å². The number of benzene rings is 1. The lowest BCUT2D eigenvalue weighted by Gasteiger charge is -2.32. The van der Waals surface area contributed by atoms with Gasteiger partial charge in [0.2, 0.25) is 5.91 Å². The molecule has 1 saturated heterocycles. The van der Waals surface area contributed by atoms with Crippen LogP contribution in [0.2, 0.25) is 0 Å². The minimum absolute atomic E-state index is 0.108. The number of nitrogens with one attached hydrogen (secondary N) is 1. The molecule has 1 fully saturated rings. The summed E-state index contributed by atoms with van der Waals surface area (Å²) in [6.07, 6.45) is 4.94. The van der Waals surface area contributed by atoms with Gasteiger partial charge >= 0.3 is 0 Å². The van der Waals surface area contributed by atoms with Crippen molar-refractivity contribution in [3.8, 4) is 0 Å². The van der Waals surface area contributed by atoms with E-state index in [-0.39, 0.29) is 5.91 Å². The van der Waals surface area contributed by atoms with Crippen molar-refractivity contribution in [2.24, 2.45) is 5.73 Å². The molecular weight excluding hydrogens is 274 g/mol. The number of piperidine rings is 1. The van der Waals surface area contributed by atoms with Gasteiger partial charge in [0.15, 0.2) is 0 Å². The van der Waals surface area contributed by atoms with Crippen LogP contribution in [-0.2, 0) is 4.79 Å². The van der Waals surface area contributed by atoms with Crippen LogP contribution in [0.4, 0.5) is 5.69 Å². The fraction of sp³-hybridized carbons (Fsp3) is 0.611. The zero-order valence-corrected chi connectivity index (χ0v) is 13.7. The Morgan fingerprint density at radius 3 is 2.82 bits per heavy atom. The predicted molar refractivity (Wildman–Crippen MR) is 92.1 cm³/mol. The summed E-state index contributed by atoms with van der Waals surface area (Å²) in [6, 6.07) is 8.37. The molecule has 0 bridgehead atoms. The SMILES string of the molecule is CCCC(=O)Nc1cccc(C2CCN(CCCN)CC2)c1. The Hall–Kier alpha value is -1.39. The van der Waals surface area contributed by atoms with Crippen molar-refractivity contribution in [3.63, 3.8) is 0 Å². The highest BCUT2D eigenvalue weighted by molar-refractivity contribution is 5.90. The summed E-state index contributed by atoms with van der Waals surface area (Å²) >= 11 is 0. The highest BCUT2D eigenvalue weighted by Crippen LogP contribution is 2.29. The van der Waals surface area contributed by atoms with Crippen molar-refractivity contribution in [2.75, 3.05) is 31.5 Å². The van der Waals surface area contributed by atoms with Crippen LogP contribution in [-0.4, -0.2) is 37.0 Å². The van der Waals surface area contributed by atoms with E-state index in [2.05, 4.69) is 28.4 Å². The lowest BCUT2D eigenvalue weighted by Crippen LogP contribution is -2.34. The molecule has 1 aromatic rings. The first-order chi connectivity index (χ1) is 10.7. The van der Waals surface area contributed by atoms with Gasteiger partial charge in [0.25, 0.3) is 0 Å². The van der Waals surface area contributed by atoms with Gasteiger partial charge < -0.3 is 16.0 Å². The molecule has 1 aliphatic heterocycles. The third-order valence-electron chi connectivity index (χ3n) is 4.38. The molecule has 0 aromatic heterocycles. The molecule has 0 unspecified atom stereocenters. The van der Waals surface area contributed by atoms with Crippen molar-refractivity contribution in [2.45, 2.75) is 44.9 Å². The van der Waals surface area contributed by atoms with Gasteiger partial charge in [-0.15, -0.1) is 0 Å². The zero-order valence-electron chi connectivity index (χ0n) is 13.7. The third-order valence-corrected chi connectivity index (χ3v) is 4.38. The molecule has 1 aliphatic rings. The van der Waals surface area contributed by atoms with Gasteiger partial charge in [0.05, 0.1) is 0 Å². The average Bonchev–Trinajstić information content (AvgIpc) is 2.54. The predicted octanol–water partition coefficient (Wildman–Crippen LogP) is 2.95. The maximum Gasteiger partial charge on any atom is 0.224 e. The van der Waals surface area contributed by atoms with Gasteiger partial charge in [-0.25, -0.2) is 0 Å². The molecule has 122 valence electrons. The van der Waals surface area contributed by atoms with E-state index in [0.717, 1.165) is 44.7 Å². The number of carbonyl (C=O) groups is 1. The van der Waals surface area contributed by atoms with Gasteiger partial charge in [-0.3, -0.25) is 4.79 Å². The number of nitrogens with two attached hydrogens (primary N) is 1. The van der Waals surface area contributed by atoms with Crippen molar-refractivity contribution < 1.29 is 4.79 Å². The number of hydrogen-bond donors (Lipinski definition) is 2. The summed E-state index contributed by atoms with van der Waals surface area (Å²) in [5, 5.41) is 3.00. The molecule has 22 heavy (non-hydrogen) atoms. The van der Waals surface area contributed by atoms with Crippen molar-refractivity contribution in [1.82, 2.24) is 4.90 Å². The summed E-state index contributed by atoms with van der Waals surface area (Å²) in [7, 11) is 0. The molecule has 4 heteroatoms. The maximum absolute atomic E-state index is 11.7. The van der Waals surface area contributed by atoms with Crippen LogP contribution in [0.25, 0.3) is 0 Å². The fourth-order valence-corrected chi connectivity index (χ4v) is 3.13. The molecule has 0 atom stereocenters. The second-order valence-corrected chi connectivity index (χ2v) is 6.18. The first-order valence-electron chi connectivity index (χ1n) is 8.55. The van der Waals surface area contributed by atoms with E-state index >= 15 is 0 Å². The number of hydrogen-bond acceptors (Lipinski definition) is 3. The molecule has 1 heterocycles. The molecule has 0 radical (unpaired) electrons. The number of likely N-dealkylation sites (tertiary alicyclic amines) is 1. The Morgan fingerprint density at radius 1 is 1.36 bits per heavy atom. The highest BCUT2D eigenvalue weighted by atomic mass is 16.1. The van der Waals surface area contributed by atoms with Gasteiger partial charge in [0, 0.05) is 12.1 Å². The topological polar surface area (TPSA) is 58.4 Å². The van der Waals surface area contributed by atoms with Gasteiger partial charge in [-0.2, -0.15) is 0 Å². The molecule has 3 N–H and O–H groups in total. The molecular formula is C18H29N3O. The third kappa shape index (κ3) is 5.11. The highest BCUT2D eigenvalue weighted by Gasteiger charge is 2.20. The first kappa shape index (κ1) is 17.0. The summed E-state index contributed by atoms with van der Waals surface area (Å²) in [6.45, 7) is 6.22. The van der Waals surface area contributed by atoms with E-state index in [1.165, 1.54) is 18.4 Å². The Kier molecular flexibility index (Phi) is 6.87. The normalized spacial score (nSPS) is 16.6. The zero-order chi connectivity index (χ0) is 15.8. The van der Waals surface area contributed by atoms with Crippen LogP contribution in [0.5, 0.6) is 0 Å². The standard InChI is InChI=1S/C18H29N3O/c1-2-5-18(22)20-17-7-3-6-16(14-17)15-8-12-21(13-9-15)11-4-10-19/h3,6-7,14-15H,2,4-5,8-13,19H2,1H3,(H,20,22). The van der Waals surface area contributed by atoms with Crippen molar-refractivity contribution >= 4 is 11.6 Å². The summed E-state index contributed by atoms with van der Waals surface area (Å²) in [5.41, 5.74) is 7.87. The van der Waals surface area contributed by atoms with Crippen molar-refractivity contribution in [3.05, 3.63) is 29.8 Å². The number of amides is 1. The Labute approximate surface area is 134 Å². The monoisotopic (exact) mass is 303 g/mol. The quantitative estimate of drug-likeness (QED) is 0.814. The van der Waals surface area contributed by atoms with Crippen LogP contribution in [0, 0.1) is 0 Å². The lowest BCUT2D eigenvalue weighted by molar-refractivity contribution is -0.116. The summed E-state index contributed by atoms with van der Waals surface area (Å²) in [4.78, 5) is 14.2. The number of nitrogens with zero attached hydrogens (tertiary/aromatic N) is 1.